The minimum absolute atomic E-state index is 0. The molecule has 150 valence electrons. The molecule has 7 nitrogen and oxygen atoms in total. The molecule has 1 heterocycles. The highest BCUT2D eigenvalue weighted by atomic mass is 127. The molecule has 1 aromatic rings. The first-order valence-electron chi connectivity index (χ1n) is 9.23. The fraction of sp³-hybridized carbons (Fsp3) is 0.526. The van der Waals surface area contributed by atoms with E-state index in [0.717, 1.165) is 24.5 Å². The number of carbonyl (C=O) groups is 2. The van der Waals surface area contributed by atoms with E-state index in [1.165, 1.54) is 0 Å². The van der Waals surface area contributed by atoms with Gasteiger partial charge >= 0.3 is 0 Å². The monoisotopic (exact) mass is 487 g/mol. The molecule has 1 aliphatic rings. The smallest absolute Gasteiger partial charge is 0.254 e. The molecule has 1 saturated heterocycles. The SMILES string of the molecule is CCNC(=NCc1ccc(C(=O)N2CCNC(=O)C2)cc1)NC(C)CC.I. The van der Waals surface area contributed by atoms with Crippen molar-refractivity contribution in [2.45, 2.75) is 39.8 Å². The highest BCUT2D eigenvalue weighted by Crippen LogP contribution is 2.10. The summed E-state index contributed by atoms with van der Waals surface area (Å²) in [7, 11) is 0. The van der Waals surface area contributed by atoms with Gasteiger partial charge in [-0.1, -0.05) is 19.1 Å². The second-order valence-corrected chi connectivity index (χ2v) is 6.42. The van der Waals surface area contributed by atoms with Crippen molar-refractivity contribution >= 4 is 41.8 Å². The molecular weight excluding hydrogens is 457 g/mol. The molecule has 0 aliphatic carbocycles. The molecule has 1 fully saturated rings. The van der Waals surface area contributed by atoms with Gasteiger partial charge in [-0.25, -0.2) is 4.99 Å². The molecule has 1 aliphatic heterocycles. The van der Waals surface area contributed by atoms with E-state index in [9.17, 15) is 9.59 Å². The third-order valence-corrected chi connectivity index (χ3v) is 4.29. The summed E-state index contributed by atoms with van der Waals surface area (Å²) in [5.74, 6) is 0.573. The number of halogens is 1. The van der Waals surface area contributed by atoms with Crippen molar-refractivity contribution in [1.29, 1.82) is 0 Å². The van der Waals surface area contributed by atoms with Crippen LogP contribution in [0.5, 0.6) is 0 Å². The second kappa shape index (κ2) is 11.8. The molecule has 0 radical (unpaired) electrons. The van der Waals surface area contributed by atoms with Gasteiger partial charge in [-0.3, -0.25) is 9.59 Å². The lowest BCUT2D eigenvalue weighted by molar-refractivity contribution is -0.123. The summed E-state index contributed by atoms with van der Waals surface area (Å²) >= 11 is 0. The molecular formula is C19H30IN5O2. The van der Waals surface area contributed by atoms with E-state index in [1.807, 2.05) is 19.1 Å². The van der Waals surface area contributed by atoms with Crippen LogP contribution in [0.3, 0.4) is 0 Å². The van der Waals surface area contributed by atoms with E-state index in [4.69, 9.17) is 0 Å². The van der Waals surface area contributed by atoms with Gasteiger partial charge in [0.15, 0.2) is 5.96 Å². The highest BCUT2D eigenvalue weighted by Gasteiger charge is 2.22. The van der Waals surface area contributed by atoms with Gasteiger partial charge in [0.25, 0.3) is 5.91 Å². The van der Waals surface area contributed by atoms with Crippen molar-refractivity contribution in [2.75, 3.05) is 26.2 Å². The zero-order valence-corrected chi connectivity index (χ0v) is 18.6. The predicted molar refractivity (Wildman–Crippen MR) is 118 cm³/mol. The van der Waals surface area contributed by atoms with Gasteiger partial charge in [-0.15, -0.1) is 24.0 Å². The van der Waals surface area contributed by atoms with Gasteiger partial charge in [0, 0.05) is 31.2 Å². The number of piperazine rings is 1. The molecule has 2 amide bonds. The molecule has 0 bridgehead atoms. The lowest BCUT2D eigenvalue weighted by atomic mass is 10.1. The Kier molecular flexibility index (Phi) is 10.1. The average Bonchev–Trinajstić information content (AvgIpc) is 2.66. The molecule has 1 atom stereocenters. The number of rotatable bonds is 6. The van der Waals surface area contributed by atoms with Crippen molar-refractivity contribution in [3.05, 3.63) is 35.4 Å². The number of hydrogen-bond acceptors (Lipinski definition) is 3. The zero-order chi connectivity index (χ0) is 18.9. The lowest BCUT2D eigenvalue weighted by Gasteiger charge is -2.26. The minimum atomic E-state index is -0.111. The Morgan fingerprint density at radius 3 is 2.59 bits per heavy atom. The highest BCUT2D eigenvalue weighted by molar-refractivity contribution is 14.0. The van der Waals surface area contributed by atoms with Crippen LogP contribution in [0.2, 0.25) is 0 Å². The Morgan fingerprint density at radius 2 is 2.00 bits per heavy atom. The number of carbonyl (C=O) groups excluding carboxylic acids is 2. The Bertz CT molecular complexity index is 648. The molecule has 27 heavy (non-hydrogen) atoms. The van der Waals surface area contributed by atoms with Crippen LogP contribution in [0.15, 0.2) is 29.3 Å². The van der Waals surface area contributed by atoms with Crippen LogP contribution in [0.1, 0.15) is 43.1 Å². The van der Waals surface area contributed by atoms with E-state index in [0.29, 0.717) is 31.2 Å². The van der Waals surface area contributed by atoms with E-state index in [1.54, 1.807) is 17.0 Å². The summed E-state index contributed by atoms with van der Waals surface area (Å²) in [6.45, 7) is 8.80. The van der Waals surface area contributed by atoms with Gasteiger partial charge in [-0.2, -0.15) is 0 Å². The van der Waals surface area contributed by atoms with Crippen molar-refractivity contribution in [2.24, 2.45) is 4.99 Å². The first-order chi connectivity index (χ1) is 12.5. The van der Waals surface area contributed by atoms with E-state index in [2.05, 4.69) is 34.8 Å². The first kappa shape index (κ1) is 23.2. The zero-order valence-electron chi connectivity index (χ0n) is 16.2. The van der Waals surface area contributed by atoms with Gasteiger partial charge in [0.1, 0.15) is 0 Å². The van der Waals surface area contributed by atoms with E-state index < -0.39 is 0 Å². The van der Waals surface area contributed by atoms with Gasteiger partial charge < -0.3 is 20.9 Å². The summed E-state index contributed by atoms with van der Waals surface area (Å²) in [5.41, 5.74) is 1.62. The Labute approximate surface area is 178 Å². The first-order valence-corrected chi connectivity index (χ1v) is 9.23. The topological polar surface area (TPSA) is 85.8 Å². The van der Waals surface area contributed by atoms with Crippen LogP contribution in [-0.4, -0.2) is 54.9 Å². The molecule has 1 aromatic carbocycles. The Balaban J connectivity index is 0.00000364. The quantitative estimate of drug-likeness (QED) is 0.324. The molecule has 0 spiro atoms. The number of amides is 2. The maximum atomic E-state index is 12.5. The molecule has 2 rings (SSSR count). The maximum absolute atomic E-state index is 12.5. The van der Waals surface area contributed by atoms with Crippen molar-refractivity contribution in [3.8, 4) is 0 Å². The number of nitrogens with one attached hydrogen (secondary N) is 3. The fourth-order valence-corrected chi connectivity index (χ4v) is 2.57. The minimum Gasteiger partial charge on any atom is -0.357 e. The normalized spacial score (nSPS) is 15.4. The van der Waals surface area contributed by atoms with E-state index >= 15 is 0 Å². The van der Waals surface area contributed by atoms with Crippen molar-refractivity contribution in [1.82, 2.24) is 20.9 Å². The molecule has 1 unspecified atom stereocenters. The number of benzene rings is 1. The predicted octanol–water partition coefficient (Wildman–Crippen LogP) is 1.73. The summed E-state index contributed by atoms with van der Waals surface area (Å²) in [6.07, 6.45) is 1.02. The Hall–Kier alpha value is -1.84. The van der Waals surface area contributed by atoms with Crippen molar-refractivity contribution < 1.29 is 9.59 Å². The Morgan fingerprint density at radius 1 is 1.30 bits per heavy atom. The van der Waals surface area contributed by atoms with Crippen LogP contribution in [0.25, 0.3) is 0 Å². The van der Waals surface area contributed by atoms with E-state index in [-0.39, 0.29) is 42.3 Å². The number of hydrogen-bond donors (Lipinski definition) is 3. The van der Waals surface area contributed by atoms with Crippen LogP contribution >= 0.6 is 24.0 Å². The third kappa shape index (κ3) is 7.36. The number of guanidine groups is 1. The fourth-order valence-electron chi connectivity index (χ4n) is 2.57. The van der Waals surface area contributed by atoms with Gasteiger partial charge in [0.2, 0.25) is 5.91 Å². The van der Waals surface area contributed by atoms with Crippen LogP contribution in [-0.2, 0) is 11.3 Å². The van der Waals surface area contributed by atoms with Gasteiger partial charge in [0.05, 0.1) is 13.1 Å². The number of aliphatic imine (C=N–C) groups is 1. The largest absolute Gasteiger partial charge is 0.357 e. The summed E-state index contributed by atoms with van der Waals surface area (Å²) in [6, 6.07) is 7.78. The standard InChI is InChI=1S/C19H29N5O2.HI/c1-4-14(3)23-19(20-5-2)22-12-15-6-8-16(9-7-15)18(26)24-11-10-21-17(25)13-24;/h6-9,14H,4-5,10-13H2,1-3H3,(H,21,25)(H2,20,22,23);1H. The van der Waals surface area contributed by atoms with Crippen LogP contribution in [0.4, 0.5) is 0 Å². The van der Waals surface area contributed by atoms with Crippen molar-refractivity contribution in [3.63, 3.8) is 0 Å². The third-order valence-electron chi connectivity index (χ3n) is 4.29. The van der Waals surface area contributed by atoms with Crippen LogP contribution < -0.4 is 16.0 Å². The van der Waals surface area contributed by atoms with Gasteiger partial charge in [-0.05, 0) is 38.0 Å². The molecule has 0 saturated carbocycles. The summed E-state index contributed by atoms with van der Waals surface area (Å²) in [4.78, 5) is 30.1. The second-order valence-electron chi connectivity index (χ2n) is 6.42. The number of nitrogens with zero attached hydrogens (tertiary/aromatic N) is 2. The average molecular weight is 487 g/mol. The molecule has 8 heteroatoms. The molecule has 0 aromatic heterocycles. The maximum Gasteiger partial charge on any atom is 0.254 e. The summed E-state index contributed by atoms with van der Waals surface area (Å²) in [5, 5.41) is 9.31. The summed E-state index contributed by atoms with van der Waals surface area (Å²) < 4.78 is 0. The van der Waals surface area contributed by atoms with Crippen LogP contribution in [0, 0.1) is 0 Å². The molecule has 3 N–H and O–H groups in total. The lowest BCUT2D eigenvalue weighted by Crippen LogP contribution is -2.49.